The largest absolute Gasteiger partial charge is 0.242 e. The van der Waals surface area contributed by atoms with E-state index >= 15 is 0 Å². The minimum Gasteiger partial charge on any atom is -0.242 e. The summed E-state index contributed by atoms with van der Waals surface area (Å²) in [5.74, 6) is 0. The lowest BCUT2D eigenvalue weighted by atomic mass is 10.2. The first kappa shape index (κ1) is 11.9. The summed E-state index contributed by atoms with van der Waals surface area (Å²) < 4.78 is 14.7. The number of rotatable bonds is 3. The van der Waals surface area contributed by atoms with Gasteiger partial charge in [0, 0.05) is 6.04 Å². The van der Waals surface area contributed by atoms with Gasteiger partial charge in [-0.2, -0.15) is 11.3 Å². The highest BCUT2D eigenvalue weighted by Crippen LogP contribution is 2.18. The number of thiophene rings is 1. The first-order chi connectivity index (χ1) is 6.41. The van der Waals surface area contributed by atoms with Gasteiger partial charge in [0.2, 0.25) is 0 Å². The summed E-state index contributed by atoms with van der Waals surface area (Å²) in [6.07, 6.45) is 0. The molecule has 0 saturated heterocycles. The van der Waals surface area contributed by atoms with Crippen LogP contribution in [0, 0.1) is 0 Å². The first-order valence-corrected chi connectivity index (χ1v) is 6.70. The van der Waals surface area contributed by atoms with Crippen LogP contribution in [-0.4, -0.2) is 8.96 Å². The number of hydrogen-bond acceptors (Lipinski definition) is 2. The van der Waals surface area contributed by atoms with E-state index in [0.717, 1.165) is 0 Å². The van der Waals surface area contributed by atoms with E-state index in [1.54, 1.807) is 11.3 Å². The van der Waals surface area contributed by atoms with E-state index in [1.807, 2.05) is 33.1 Å². The van der Waals surface area contributed by atoms with Crippen LogP contribution < -0.4 is 4.72 Å². The van der Waals surface area contributed by atoms with Crippen LogP contribution in [0.5, 0.6) is 0 Å². The van der Waals surface area contributed by atoms with Gasteiger partial charge in [0.25, 0.3) is 0 Å². The maximum Gasteiger partial charge on any atom is 0.0975 e. The normalized spacial score (nSPS) is 16.6. The average molecular weight is 231 g/mol. The summed E-state index contributed by atoms with van der Waals surface area (Å²) in [5.41, 5.74) is 1.20. The zero-order valence-corrected chi connectivity index (χ0v) is 10.7. The van der Waals surface area contributed by atoms with Gasteiger partial charge in [-0.1, -0.05) is 0 Å². The minimum absolute atomic E-state index is 0.154. The van der Waals surface area contributed by atoms with Crippen LogP contribution in [0.3, 0.4) is 0 Å². The Labute approximate surface area is 92.3 Å². The lowest BCUT2D eigenvalue weighted by molar-refractivity contribution is 0.616. The zero-order chi connectivity index (χ0) is 10.8. The van der Waals surface area contributed by atoms with Crippen molar-refractivity contribution in [2.24, 2.45) is 0 Å². The van der Waals surface area contributed by atoms with E-state index in [4.69, 9.17) is 0 Å². The lowest BCUT2D eigenvalue weighted by Gasteiger charge is -2.21. The molecule has 1 aromatic heterocycles. The summed E-state index contributed by atoms with van der Waals surface area (Å²) >= 11 is 1.66. The molecule has 2 nitrogen and oxygen atoms in total. The highest BCUT2D eigenvalue weighted by atomic mass is 32.2. The lowest BCUT2D eigenvalue weighted by Crippen LogP contribution is -2.34. The maximum absolute atomic E-state index is 11.8. The van der Waals surface area contributed by atoms with E-state index in [2.05, 4.69) is 16.2 Å². The molecule has 0 aliphatic carbocycles. The van der Waals surface area contributed by atoms with Crippen LogP contribution in [-0.2, 0) is 11.0 Å². The Balaban J connectivity index is 2.58. The molecule has 0 amide bonds. The van der Waals surface area contributed by atoms with Gasteiger partial charge < -0.3 is 0 Å². The van der Waals surface area contributed by atoms with Crippen molar-refractivity contribution in [3.63, 3.8) is 0 Å². The maximum atomic E-state index is 11.8. The van der Waals surface area contributed by atoms with Crippen molar-refractivity contribution in [2.75, 3.05) is 0 Å². The molecule has 2 atom stereocenters. The van der Waals surface area contributed by atoms with Crippen molar-refractivity contribution in [2.45, 2.75) is 38.5 Å². The standard InChI is InChI=1S/C10H17NOS2/c1-8(9-5-6-13-7-9)11-14(12)10(2,3)4/h5-8,11H,1-4H3/t8?,14-/m0/s1. The van der Waals surface area contributed by atoms with Gasteiger partial charge in [0.05, 0.1) is 15.7 Å². The van der Waals surface area contributed by atoms with Crippen LogP contribution in [0.2, 0.25) is 0 Å². The zero-order valence-electron chi connectivity index (χ0n) is 9.03. The Morgan fingerprint density at radius 2 is 2.14 bits per heavy atom. The highest BCUT2D eigenvalue weighted by molar-refractivity contribution is 7.84. The van der Waals surface area contributed by atoms with E-state index in [0.29, 0.717) is 0 Å². The quantitative estimate of drug-likeness (QED) is 0.851. The third-order valence-electron chi connectivity index (χ3n) is 1.88. The fraction of sp³-hybridized carbons (Fsp3) is 0.600. The molecule has 1 rings (SSSR count). The van der Waals surface area contributed by atoms with E-state index in [-0.39, 0.29) is 10.8 Å². The molecule has 1 heterocycles. The molecule has 1 unspecified atom stereocenters. The van der Waals surface area contributed by atoms with E-state index < -0.39 is 11.0 Å². The average Bonchev–Trinajstić information content (AvgIpc) is 2.53. The third-order valence-corrected chi connectivity index (χ3v) is 4.26. The van der Waals surface area contributed by atoms with Gasteiger partial charge in [0.15, 0.2) is 0 Å². The minimum atomic E-state index is -0.997. The monoisotopic (exact) mass is 231 g/mol. The fourth-order valence-electron chi connectivity index (χ4n) is 0.927. The van der Waals surface area contributed by atoms with Gasteiger partial charge in [-0.25, -0.2) is 8.93 Å². The second kappa shape index (κ2) is 4.55. The molecule has 14 heavy (non-hydrogen) atoms. The molecule has 0 radical (unpaired) electrons. The third kappa shape index (κ3) is 3.19. The summed E-state index contributed by atoms with van der Waals surface area (Å²) in [6.45, 7) is 7.94. The molecule has 1 aromatic rings. The van der Waals surface area contributed by atoms with Crippen LogP contribution in [0.15, 0.2) is 16.8 Å². The first-order valence-electron chi connectivity index (χ1n) is 4.61. The van der Waals surface area contributed by atoms with E-state index in [1.165, 1.54) is 5.56 Å². The van der Waals surface area contributed by atoms with Crippen molar-refractivity contribution < 1.29 is 4.21 Å². The van der Waals surface area contributed by atoms with Crippen molar-refractivity contribution in [3.05, 3.63) is 22.4 Å². The molecule has 0 saturated carbocycles. The number of nitrogens with one attached hydrogen (secondary N) is 1. The summed E-state index contributed by atoms with van der Waals surface area (Å²) in [5, 5.41) is 4.12. The smallest absolute Gasteiger partial charge is 0.0975 e. The van der Waals surface area contributed by atoms with Crippen molar-refractivity contribution in [1.82, 2.24) is 4.72 Å². The molecule has 0 aliphatic heterocycles. The van der Waals surface area contributed by atoms with Crippen LogP contribution in [0.1, 0.15) is 39.3 Å². The van der Waals surface area contributed by atoms with Crippen molar-refractivity contribution in [1.29, 1.82) is 0 Å². The molecule has 0 bridgehead atoms. The molecule has 1 N–H and O–H groups in total. The SMILES string of the molecule is CC(N[S@@](=O)C(C)(C)C)c1ccsc1. The Morgan fingerprint density at radius 1 is 1.50 bits per heavy atom. The number of hydrogen-bond donors (Lipinski definition) is 1. The van der Waals surface area contributed by atoms with Crippen LogP contribution in [0.4, 0.5) is 0 Å². The highest BCUT2D eigenvalue weighted by Gasteiger charge is 2.21. The molecule has 0 fully saturated rings. The Kier molecular flexibility index (Phi) is 3.86. The van der Waals surface area contributed by atoms with Gasteiger partial charge in [0.1, 0.15) is 0 Å². The molecule has 0 aliphatic rings. The summed E-state index contributed by atoms with van der Waals surface area (Å²) in [6, 6.07) is 2.21. The topological polar surface area (TPSA) is 29.1 Å². The fourth-order valence-corrected chi connectivity index (χ4v) is 2.49. The molecular weight excluding hydrogens is 214 g/mol. The van der Waals surface area contributed by atoms with Crippen LogP contribution >= 0.6 is 11.3 Å². The predicted octanol–water partition coefficient (Wildman–Crippen LogP) is 2.86. The van der Waals surface area contributed by atoms with Crippen molar-refractivity contribution in [3.8, 4) is 0 Å². The second-order valence-corrected chi connectivity index (χ2v) is 7.06. The van der Waals surface area contributed by atoms with Crippen molar-refractivity contribution >= 4 is 22.3 Å². The predicted molar refractivity (Wildman–Crippen MR) is 63.8 cm³/mol. The van der Waals surface area contributed by atoms with Gasteiger partial charge in [-0.3, -0.25) is 0 Å². The molecule has 0 aromatic carbocycles. The van der Waals surface area contributed by atoms with Crippen LogP contribution in [0.25, 0.3) is 0 Å². The summed E-state index contributed by atoms with van der Waals surface area (Å²) in [7, 11) is -0.997. The van der Waals surface area contributed by atoms with E-state index in [9.17, 15) is 4.21 Å². The molecule has 4 heteroatoms. The second-order valence-electron chi connectivity index (χ2n) is 4.28. The van der Waals surface area contributed by atoms with Gasteiger partial charge >= 0.3 is 0 Å². The van der Waals surface area contributed by atoms with Gasteiger partial charge in [-0.15, -0.1) is 0 Å². The molecular formula is C10H17NOS2. The Morgan fingerprint density at radius 3 is 2.57 bits per heavy atom. The molecule has 80 valence electrons. The van der Waals surface area contributed by atoms with Gasteiger partial charge in [-0.05, 0) is 50.1 Å². The Hall–Kier alpha value is -0.190. The summed E-state index contributed by atoms with van der Waals surface area (Å²) in [4.78, 5) is 0. The molecule has 0 spiro atoms. The Bertz CT molecular complexity index is 300.